The van der Waals surface area contributed by atoms with E-state index in [0.29, 0.717) is 39.9 Å². The summed E-state index contributed by atoms with van der Waals surface area (Å²) < 4.78 is 11.5. The molecule has 0 fully saturated rings. The summed E-state index contributed by atoms with van der Waals surface area (Å²) in [5.74, 6) is 1.06. The van der Waals surface area contributed by atoms with E-state index in [-0.39, 0.29) is 11.7 Å². The standard InChI is InChI=1S/C25H17ClN2O3/c26-18-8-4-7-17(14-18)21-11-12-23(30-21)25(29)27-19-9-10-22-20(15-19)28-24(31-22)13-16-5-2-1-3-6-16/h1-12,14-15H,13H2,(H,27,29). The molecule has 1 amide bonds. The molecule has 5 rings (SSSR count). The van der Waals surface area contributed by atoms with Gasteiger partial charge in [-0.15, -0.1) is 0 Å². The maximum atomic E-state index is 12.6. The highest BCUT2D eigenvalue weighted by molar-refractivity contribution is 6.30. The van der Waals surface area contributed by atoms with Gasteiger partial charge in [0.1, 0.15) is 11.3 Å². The summed E-state index contributed by atoms with van der Waals surface area (Å²) in [5, 5.41) is 3.45. The van der Waals surface area contributed by atoms with Crippen molar-refractivity contribution >= 4 is 34.3 Å². The van der Waals surface area contributed by atoms with E-state index in [1.165, 1.54) is 0 Å². The van der Waals surface area contributed by atoms with Crippen LogP contribution in [0.3, 0.4) is 0 Å². The number of anilines is 1. The number of nitrogens with zero attached hydrogens (tertiary/aromatic N) is 1. The van der Waals surface area contributed by atoms with Crippen molar-refractivity contribution in [2.75, 3.05) is 5.32 Å². The van der Waals surface area contributed by atoms with Gasteiger partial charge in [-0.2, -0.15) is 0 Å². The molecule has 0 saturated carbocycles. The third kappa shape index (κ3) is 4.22. The summed E-state index contributed by atoms with van der Waals surface area (Å²) >= 11 is 6.03. The van der Waals surface area contributed by atoms with Crippen molar-refractivity contribution in [1.82, 2.24) is 4.98 Å². The number of nitrogens with one attached hydrogen (secondary N) is 1. The predicted molar refractivity (Wildman–Crippen MR) is 120 cm³/mol. The highest BCUT2D eigenvalue weighted by Crippen LogP contribution is 2.26. The lowest BCUT2D eigenvalue weighted by molar-refractivity contribution is 0.0997. The first-order valence-corrected chi connectivity index (χ1v) is 10.1. The molecule has 0 saturated heterocycles. The fourth-order valence-corrected chi connectivity index (χ4v) is 3.54. The molecule has 0 radical (unpaired) electrons. The Morgan fingerprint density at radius 3 is 2.61 bits per heavy atom. The van der Waals surface area contributed by atoms with Crippen LogP contribution in [-0.4, -0.2) is 10.9 Å². The number of halogens is 1. The normalized spacial score (nSPS) is 11.0. The van der Waals surface area contributed by atoms with Crippen LogP contribution in [0.1, 0.15) is 22.0 Å². The van der Waals surface area contributed by atoms with Crippen LogP contribution in [0.2, 0.25) is 5.02 Å². The zero-order chi connectivity index (χ0) is 21.2. The highest BCUT2D eigenvalue weighted by atomic mass is 35.5. The number of furan rings is 1. The number of aromatic nitrogens is 1. The fourth-order valence-electron chi connectivity index (χ4n) is 3.35. The zero-order valence-electron chi connectivity index (χ0n) is 16.3. The van der Waals surface area contributed by atoms with E-state index < -0.39 is 0 Å². The molecule has 5 nitrogen and oxygen atoms in total. The Kier molecular flexibility index (Phi) is 5.02. The topological polar surface area (TPSA) is 68.3 Å². The molecule has 3 aromatic carbocycles. The first-order valence-electron chi connectivity index (χ1n) is 9.74. The lowest BCUT2D eigenvalue weighted by Gasteiger charge is -2.03. The molecule has 0 aliphatic heterocycles. The molecule has 0 bridgehead atoms. The van der Waals surface area contributed by atoms with E-state index in [4.69, 9.17) is 20.4 Å². The number of benzene rings is 3. The van der Waals surface area contributed by atoms with Crippen LogP contribution < -0.4 is 5.32 Å². The second-order valence-electron chi connectivity index (χ2n) is 7.08. The molecule has 0 atom stereocenters. The zero-order valence-corrected chi connectivity index (χ0v) is 17.1. The number of rotatable bonds is 5. The van der Waals surface area contributed by atoms with E-state index >= 15 is 0 Å². The van der Waals surface area contributed by atoms with E-state index in [1.54, 1.807) is 42.5 Å². The third-order valence-corrected chi connectivity index (χ3v) is 5.06. The van der Waals surface area contributed by atoms with Crippen molar-refractivity contribution in [3.8, 4) is 11.3 Å². The smallest absolute Gasteiger partial charge is 0.291 e. The van der Waals surface area contributed by atoms with Gasteiger partial charge in [-0.3, -0.25) is 4.79 Å². The number of amides is 1. The van der Waals surface area contributed by atoms with Gasteiger partial charge in [0, 0.05) is 22.7 Å². The minimum Gasteiger partial charge on any atom is -0.451 e. The number of hydrogen-bond acceptors (Lipinski definition) is 4. The Labute approximate surface area is 183 Å². The van der Waals surface area contributed by atoms with Gasteiger partial charge in [0.05, 0.1) is 0 Å². The quantitative estimate of drug-likeness (QED) is 0.343. The van der Waals surface area contributed by atoms with Crippen molar-refractivity contribution in [1.29, 1.82) is 0 Å². The summed E-state index contributed by atoms with van der Waals surface area (Å²) in [6.45, 7) is 0. The summed E-state index contributed by atoms with van der Waals surface area (Å²) in [5.41, 5.74) is 3.89. The van der Waals surface area contributed by atoms with Crippen LogP contribution in [0.5, 0.6) is 0 Å². The fraction of sp³-hybridized carbons (Fsp3) is 0.0400. The molecule has 0 spiro atoms. The van der Waals surface area contributed by atoms with Crippen molar-refractivity contribution in [2.24, 2.45) is 0 Å². The molecule has 5 aromatic rings. The van der Waals surface area contributed by atoms with E-state index in [9.17, 15) is 4.79 Å². The van der Waals surface area contributed by atoms with Gasteiger partial charge in [-0.05, 0) is 48.0 Å². The van der Waals surface area contributed by atoms with Crippen molar-refractivity contribution in [3.63, 3.8) is 0 Å². The summed E-state index contributed by atoms with van der Waals surface area (Å²) in [7, 11) is 0. The molecule has 2 heterocycles. The second kappa shape index (κ2) is 8.13. The van der Waals surface area contributed by atoms with Gasteiger partial charge in [0.15, 0.2) is 17.2 Å². The largest absolute Gasteiger partial charge is 0.451 e. The van der Waals surface area contributed by atoms with Crippen LogP contribution in [0.15, 0.2) is 93.8 Å². The molecule has 0 aliphatic carbocycles. The Bertz CT molecular complexity index is 1370. The Balaban J connectivity index is 1.32. The first-order chi connectivity index (χ1) is 15.1. The molecule has 0 unspecified atom stereocenters. The van der Waals surface area contributed by atoms with Gasteiger partial charge < -0.3 is 14.2 Å². The average molecular weight is 429 g/mol. The Hall–Kier alpha value is -3.83. The molecular weight excluding hydrogens is 412 g/mol. The average Bonchev–Trinajstić information content (AvgIpc) is 3.41. The van der Waals surface area contributed by atoms with E-state index in [0.717, 1.165) is 11.1 Å². The molecule has 1 N–H and O–H groups in total. The second-order valence-corrected chi connectivity index (χ2v) is 7.52. The molecule has 31 heavy (non-hydrogen) atoms. The Morgan fingerprint density at radius 1 is 0.903 bits per heavy atom. The minimum atomic E-state index is -0.347. The predicted octanol–water partition coefficient (Wildman–Crippen LogP) is 6.58. The lowest BCUT2D eigenvalue weighted by Crippen LogP contribution is -2.10. The molecule has 6 heteroatoms. The van der Waals surface area contributed by atoms with Gasteiger partial charge in [0.2, 0.25) is 0 Å². The number of carbonyl (C=O) groups is 1. The Morgan fingerprint density at radius 2 is 1.77 bits per heavy atom. The van der Waals surface area contributed by atoms with Gasteiger partial charge in [-0.1, -0.05) is 54.1 Å². The highest BCUT2D eigenvalue weighted by Gasteiger charge is 2.14. The monoisotopic (exact) mass is 428 g/mol. The maximum absolute atomic E-state index is 12.6. The summed E-state index contributed by atoms with van der Waals surface area (Å²) in [6.07, 6.45) is 0.607. The van der Waals surface area contributed by atoms with Gasteiger partial charge in [-0.25, -0.2) is 4.98 Å². The molecule has 0 aliphatic rings. The maximum Gasteiger partial charge on any atom is 0.291 e. The third-order valence-electron chi connectivity index (χ3n) is 4.83. The van der Waals surface area contributed by atoms with Crippen LogP contribution in [0.4, 0.5) is 5.69 Å². The van der Waals surface area contributed by atoms with Crippen LogP contribution >= 0.6 is 11.6 Å². The van der Waals surface area contributed by atoms with Crippen LogP contribution in [0.25, 0.3) is 22.4 Å². The summed E-state index contributed by atoms with van der Waals surface area (Å²) in [6, 6.07) is 26.0. The number of carbonyl (C=O) groups excluding carboxylic acids is 1. The lowest BCUT2D eigenvalue weighted by atomic mass is 10.1. The number of oxazole rings is 1. The molecular formula is C25H17ClN2O3. The van der Waals surface area contributed by atoms with Gasteiger partial charge in [0.25, 0.3) is 5.91 Å². The molecule has 2 aromatic heterocycles. The summed E-state index contributed by atoms with van der Waals surface area (Å²) in [4.78, 5) is 17.2. The van der Waals surface area contributed by atoms with Crippen molar-refractivity contribution in [2.45, 2.75) is 6.42 Å². The first kappa shape index (κ1) is 19.2. The van der Waals surface area contributed by atoms with Crippen molar-refractivity contribution in [3.05, 3.63) is 107 Å². The van der Waals surface area contributed by atoms with Crippen LogP contribution in [0, 0.1) is 0 Å². The number of hydrogen-bond donors (Lipinski definition) is 1. The van der Waals surface area contributed by atoms with Crippen molar-refractivity contribution < 1.29 is 13.6 Å². The minimum absolute atomic E-state index is 0.208. The van der Waals surface area contributed by atoms with E-state index in [2.05, 4.69) is 10.3 Å². The van der Waals surface area contributed by atoms with E-state index in [1.807, 2.05) is 42.5 Å². The van der Waals surface area contributed by atoms with Crippen LogP contribution in [-0.2, 0) is 6.42 Å². The number of fused-ring (bicyclic) bond motifs is 1. The molecule has 152 valence electrons. The SMILES string of the molecule is O=C(Nc1ccc2oc(Cc3ccccc3)nc2c1)c1ccc(-c2cccc(Cl)c2)o1. The van der Waals surface area contributed by atoms with Gasteiger partial charge >= 0.3 is 0 Å².